The van der Waals surface area contributed by atoms with Crippen LogP contribution < -0.4 is 15.2 Å². The van der Waals surface area contributed by atoms with Gasteiger partial charge >= 0.3 is 0 Å². The molecule has 1 unspecified atom stereocenters. The van der Waals surface area contributed by atoms with Gasteiger partial charge in [0.05, 0.1) is 14.2 Å². The topological polar surface area (TPSA) is 47.7 Å². The van der Waals surface area contributed by atoms with Crippen LogP contribution in [0.3, 0.4) is 0 Å². The molecule has 1 aliphatic rings. The lowest BCUT2D eigenvalue weighted by atomic mass is 9.94. The monoisotopic (exact) mass is 292 g/mol. The van der Waals surface area contributed by atoms with Crippen LogP contribution in [0.5, 0.6) is 11.5 Å². The van der Waals surface area contributed by atoms with E-state index in [-0.39, 0.29) is 6.04 Å². The molecular formula is C17H28N2O2. The summed E-state index contributed by atoms with van der Waals surface area (Å²) in [6, 6.07) is 6.48. The second kappa shape index (κ2) is 7.66. The average Bonchev–Trinajstić information content (AvgIpc) is 2.54. The van der Waals surface area contributed by atoms with E-state index in [2.05, 4.69) is 11.9 Å². The number of hydrogen-bond donors (Lipinski definition) is 1. The highest BCUT2D eigenvalue weighted by Crippen LogP contribution is 2.30. The van der Waals surface area contributed by atoms with Crippen LogP contribution in [0.1, 0.15) is 43.7 Å². The van der Waals surface area contributed by atoms with Crippen molar-refractivity contribution in [2.24, 2.45) is 5.73 Å². The van der Waals surface area contributed by atoms with Crippen LogP contribution in [0.15, 0.2) is 18.2 Å². The molecule has 0 radical (unpaired) electrons. The Morgan fingerprint density at radius 2 is 1.90 bits per heavy atom. The van der Waals surface area contributed by atoms with Crippen molar-refractivity contribution in [3.05, 3.63) is 23.8 Å². The minimum atomic E-state index is -0.0437. The summed E-state index contributed by atoms with van der Waals surface area (Å²) in [5.74, 6) is 1.60. The number of methoxy groups -OCH3 is 2. The molecule has 0 aromatic heterocycles. The van der Waals surface area contributed by atoms with E-state index >= 15 is 0 Å². The van der Waals surface area contributed by atoms with Crippen LogP contribution in [0.2, 0.25) is 0 Å². The molecule has 0 aliphatic heterocycles. The molecule has 0 heterocycles. The Kier molecular flexibility index (Phi) is 5.88. The maximum atomic E-state index is 6.41. The molecule has 4 nitrogen and oxygen atoms in total. The van der Waals surface area contributed by atoms with Gasteiger partial charge in [-0.15, -0.1) is 0 Å². The molecule has 0 spiro atoms. The van der Waals surface area contributed by atoms with Gasteiger partial charge in [0.1, 0.15) is 11.5 Å². The first-order chi connectivity index (χ1) is 10.2. The first kappa shape index (κ1) is 16.1. The third kappa shape index (κ3) is 4.11. The normalized spacial score (nSPS) is 17.8. The summed E-state index contributed by atoms with van der Waals surface area (Å²) in [6.45, 7) is 0.855. The molecule has 1 aliphatic carbocycles. The fourth-order valence-electron chi connectivity index (χ4n) is 3.20. The molecule has 118 valence electrons. The molecule has 1 aromatic carbocycles. The van der Waals surface area contributed by atoms with Gasteiger partial charge in [0.25, 0.3) is 0 Å². The van der Waals surface area contributed by atoms with Crippen molar-refractivity contribution in [3.63, 3.8) is 0 Å². The minimum Gasteiger partial charge on any atom is -0.497 e. The summed E-state index contributed by atoms with van der Waals surface area (Å²) in [5.41, 5.74) is 7.45. The second-order valence-electron chi connectivity index (χ2n) is 5.95. The summed E-state index contributed by atoms with van der Waals surface area (Å²) in [6.07, 6.45) is 6.65. The van der Waals surface area contributed by atoms with Crippen LogP contribution in [0.25, 0.3) is 0 Å². The van der Waals surface area contributed by atoms with Gasteiger partial charge in [0, 0.05) is 30.3 Å². The maximum absolute atomic E-state index is 6.41. The fraction of sp³-hybridized carbons (Fsp3) is 0.647. The van der Waals surface area contributed by atoms with Gasteiger partial charge < -0.3 is 20.1 Å². The van der Waals surface area contributed by atoms with Crippen LogP contribution >= 0.6 is 0 Å². The first-order valence-electron chi connectivity index (χ1n) is 7.83. The standard InChI is InChI=1S/C17H28N2O2/c1-19(13-7-5-4-6-8-13)12-16(18)15-10-9-14(20-2)11-17(15)21-3/h9-11,13,16H,4-8,12,18H2,1-3H3. The minimum absolute atomic E-state index is 0.0437. The van der Waals surface area contributed by atoms with E-state index in [4.69, 9.17) is 15.2 Å². The highest BCUT2D eigenvalue weighted by molar-refractivity contribution is 5.42. The Morgan fingerprint density at radius 3 is 2.52 bits per heavy atom. The van der Waals surface area contributed by atoms with Crippen molar-refractivity contribution in [2.75, 3.05) is 27.8 Å². The maximum Gasteiger partial charge on any atom is 0.127 e. The third-order valence-corrected chi connectivity index (χ3v) is 4.52. The molecular weight excluding hydrogens is 264 g/mol. The fourth-order valence-corrected chi connectivity index (χ4v) is 3.20. The summed E-state index contributed by atoms with van der Waals surface area (Å²) in [7, 11) is 5.52. The number of hydrogen-bond acceptors (Lipinski definition) is 4. The predicted molar refractivity (Wildman–Crippen MR) is 86.0 cm³/mol. The Morgan fingerprint density at radius 1 is 1.19 bits per heavy atom. The molecule has 1 fully saturated rings. The Labute approximate surface area is 128 Å². The van der Waals surface area contributed by atoms with Gasteiger partial charge in [0.2, 0.25) is 0 Å². The van der Waals surface area contributed by atoms with Crippen molar-refractivity contribution in [1.29, 1.82) is 0 Å². The molecule has 1 atom stereocenters. The summed E-state index contributed by atoms with van der Waals surface area (Å²) in [5, 5.41) is 0. The Bertz CT molecular complexity index is 444. The molecule has 2 N–H and O–H groups in total. The molecule has 0 bridgehead atoms. The molecule has 4 heteroatoms. The van der Waals surface area contributed by atoms with Crippen molar-refractivity contribution >= 4 is 0 Å². The Balaban J connectivity index is 2.03. The lowest BCUT2D eigenvalue weighted by molar-refractivity contribution is 0.181. The zero-order valence-electron chi connectivity index (χ0n) is 13.5. The Hall–Kier alpha value is -1.26. The number of ether oxygens (including phenoxy) is 2. The molecule has 1 aromatic rings. The SMILES string of the molecule is COc1ccc(C(N)CN(C)C2CCCCC2)c(OC)c1. The second-order valence-corrected chi connectivity index (χ2v) is 5.95. The van der Waals surface area contributed by atoms with Crippen LogP contribution in [-0.4, -0.2) is 38.8 Å². The lowest BCUT2D eigenvalue weighted by Gasteiger charge is -2.33. The lowest BCUT2D eigenvalue weighted by Crippen LogP contribution is -2.38. The van der Waals surface area contributed by atoms with Crippen molar-refractivity contribution in [2.45, 2.75) is 44.2 Å². The molecule has 21 heavy (non-hydrogen) atoms. The number of nitrogens with zero attached hydrogens (tertiary/aromatic N) is 1. The van der Waals surface area contributed by atoms with Gasteiger partial charge in [-0.1, -0.05) is 25.3 Å². The zero-order valence-corrected chi connectivity index (χ0v) is 13.5. The summed E-state index contributed by atoms with van der Waals surface area (Å²) >= 11 is 0. The van der Waals surface area contributed by atoms with Gasteiger partial charge in [-0.05, 0) is 26.0 Å². The molecule has 2 rings (SSSR count). The molecule has 1 saturated carbocycles. The van der Waals surface area contributed by atoms with Crippen LogP contribution in [0, 0.1) is 0 Å². The van der Waals surface area contributed by atoms with Crippen LogP contribution in [-0.2, 0) is 0 Å². The van der Waals surface area contributed by atoms with Crippen molar-refractivity contribution in [3.8, 4) is 11.5 Å². The number of benzene rings is 1. The van der Waals surface area contributed by atoms with Crippen molar-refractivity contribution in [1.82, 2.24) is 4.90 Å². The van der Waals surface area contributed by atoms with Gasteiger partial charge in [0.15, 0.2) is 0 Å². The van der Waals surface area contributed by atoms with E-state index in [9.17, 15) is 0 Å². The van der Waals surface area contributed by atoms with Crippen LogP contribution in [0.4, 0.5) is 0 Å². The number of rotatable bonds is 6. The third-order valence-electron chi connectivity index (χ3n) is 4.52. The molecule has 0 amide bonds. The average molecular weight is 292 g/mol. The number of likely N-dealkylation sites (N-methyl/N-ethyl adjacent to an activating group) is 1. The van der Waals surface area contributed by atoms with Gasteiger partial charge in [-0.3, -0.25) is 0 Å². The van der Waals surface area contributed by atoms with E-state index in [1.165, 1.54) is 32.1 Å². The predicted octanol–water partition coefficient (Wildman–Crippen LogP) is 2.97. The summed E-state index contributed by atoms with van der Waals surface area (Å²) in [4.78, 5) is 2.41. The van der Waals surface area contributed by atoms with E-state index in [0.717, 1.165) is 23.6 Å². The van der Waals surface area contributed by atoms with E-state index in [0.29, 0.717) is 6.04 Å². The number of nitrogens with two attached hydrogens (primary N) is 1. The largest absolute Gasteiger partial charge is 0.497 e. The van der Waals surface area contributed by atoms with E-state index < -0.39 is 0 Å². The quantitative estimate of drug-likeness (QED) is 0.875. The van der Waals surface area contributed by atoms with Crippen molar-refractivity contribution < 1.29 is 9.47 Å². The summed E-state index contributed by atoms with van der Waals surface area (Å²) < 4.78 is 10.7. The van der Waals surface area contributed by atoms with E-state index in [1.54, 1.807) is 14.2 Å². The highest BCUT2D eigenvalue weighted by Gasteiger charge is 2.21. The van der Waals surface area contributed by atoms with Gasteiger partial charge in [-0.25, -0.2) is 0 Å². The zero-order chi connectivity index (χ0) is 15.2. The first-order valence-corrected chi connectivity index (χ1v) is 7.83. The smallest absolute Gasteiger partial charge is 0.127 e. The highest BCUT2D eigenvalue weighted by atomic mass is 16.5. The molecule has 0 saturated heterocycles. The van der Waals surface area contributed by atoms with E-state index in [1.807, 2.05) is 18.2 Å². The van der Waals surface area contributed by atoms with Gasteiger partial charge in [-0.2, -0.15) is 0 Å².